The monoisotopic (exact) mass is 387 g/mol. The first-order chi connectivity index (χ1) is 11.3. The third-order valence-corrected chi connectivity index (χ3v) is 5.99. The minimum Gasteiger partial charge on any atom is -0.349 e. The molecule has 0 saturated heterocycles. The minimum atomic E-state index is -3.56. The highest BCUT2D eigenvalue weighted by molar-refractivity contribution is 7.88. The molecule has 6 nitrogen and oxygen atoms in total. The lowest BCUT2D eigenvalue weighted by molar-refractivity contribution is 0.0756. The number of carbonyl (C=O) groups is 1. The van der Waals surface area contributed by atoms with Crippen LogP contribution < -0.4 is 16.2 Å². The Morgan fingerprint density at radius 3 is 2.20 bits per heavy atom. The molecule has 1 aromatic rings. The van der Waals surface area contributed by atoms with E-state index >= 15 is 0 Å². The predicted octanol–water partition coefficient (Wildman–Crippen LogP) is 1.53. The molecule has 2 atom stereocenters. The molecule has 0 aromatic heterocycles. The Labute approximate surface area is 155 Å². The minimum absolute atomic E-state index is 0. The van der Waals surface area contributed by atoms with E-state index in [4.69, 9.17) is 10.9 Å². The Kier molecular flexibility index (Phi) is 6.48. The zero-order valence-electron chi connectivity index (χ0n) is 14.1. The van der Waals surface area contributed by atoms with Crippen molar-refractivity contribution in [3.05, 3.63) is 35.4 Å². The molecule has 0 radical (unpaired) electrons. The molecule has 25 heavy (non-hydrogen) atoms. The molecule has 8 heteroatoms. The lowest BCUT2D eigenvalue weighted by Crippen LogP contribution is -2.53. The highest BCUT2D eigenvalue weighted by Crippen LogP contribution is 2.39. The smallest absolute Gasteiger partial charge is 0.251 e. The van der Waals surface area contributed by atoms with Crippen molar-refractivity contribution in [2.75, 3.05) is 0 Å². The van der Waals surface area contributed by atoms with Crippen molar-refractivity contribution in [3.63, 3.8) is 0 Å². The van der Waals surface area contributed by atoms with Crippen molar-refractivity contribution >= 4 is 28.3 Å². The van der Waals surface area contributed by atoms with Crippen molar-refractivity contribution in [2.45, 2.75) is 49.9 Å². The molecule has 3 rings (SSSR count). The Hall–Kier alpha value is -1.15. The van der Waals surface area contributed by atoms with E-state index in [1.54, 1.807) is 24.3 Å². The highest BCUT2D eigenvalue weighted by atomic mass is 35.5. The highest BCUT2D eigenvalue weighted by Gasteiger charge is 2.39. The van der Waals surface area contributed by atoms with Gasteiger partial charge in [-0.1, -0.05) is 18.6 Å². The Morgan fingerprint density at radius 1 is 1.12 bits per heavy atom. The maximum absolute atomic E-state index is 12.5. The molecule has 0 aliphatic heterocycles. The van der Waals surface area contributed by atoms with Crippen LogP contribution >= 0.6 is 12.4 Å². The third-order valence-electron chi connectivity index (χ3n) is 5.26. The van der Waals surface area contributed by atoms with Gasteiger partial charge < -0.3 is 11.1 Å². The van der Waals surface area contributed by atoms with Gasteiger partial charge in [-0.05, 0) is 55.2 Å². The van der Waals surface area contributed by atoms with Crippen LogP contribution in [0.15, 0.2) is 24.3 Å². The summed E-state index contributed by atoms with van der Waals surface area (Å²) >= 11 is 0. The number of fused-ring (bicyclic) bond motifs is 2. The molecule has 1 amide bonds. The normalized spacial score (nSPS) is 28.7. The van der Waals surface area contributed by atoms with Gasteiger partial charge in [0.15, 0.2) is 0 Å². The van der Waals surface area contributed by atoms with Gasteiger partial charge in [0.1, 0.15) is 0 Å². The third kappa shape index (κ3) is 5.17. The Balaban J connectivity index is 0.00000225. The van der Waals surface area contributed by atoms with Crippen LogP contribution in [-0.2, 0) is 15.8 Å². The molecule has 2 unspecified atom stereocenters. The van der Waals surface area contributed by atoms with E-state index in [-0.39, 0.29) is 36.2 Å². The average Bonchev–Trinajstić information content (AvgIpc) is 2.47. The van der Waals surface area contributed by atoms with Crippen LogP contribution in [0.3, 0.4) is 0 Å². The van der Waals surface area contributed by atoms with E-state index in [1.807, 2.05) is 0 Å². The SMILES string of the molecule is Cl.NC1CC2CCCC(C1)C2NC(=O)c1ccc(CS(N)(=O)=O)cc1. The fraction of sp³-hybridized carbons (Fsp3) is 0.588. The molecular formula is C17H26ClN3O3S. The number of nitrogens with one attached hydrogen (secondary N) is 1. The molecule has 2 aliphatic rings. The summed E-state index contributed by atoms with van der Waals surface area (Å²) in [7, 11) is -3.56. The standard InChI is InChI=1S/C17H25N3O3S.ClH/c18-15-8-13-2-1-3-14(9-15)16(13)20-17(21)12-6-4-11(5-7-12)10-24(19,22)23;/h4-7,13-16H,1-3,8-10,18H2,(H,20,21)(H2,19,22,23);1H. The molecule has 5 N–H and O–H groups in total. The van der Waals surface area contributed by atoms with Gasteiger partial charge in [-0.25, -0.2) is 13.6 Å². The summed E-state index contributed by atoms with van der Waals surface area (Å²) in [6.45, 7) is 0. The number of carbonyl (C=O) groups excluding carboxylic acids is 1. The van der Waals surface area contributed by atoms with Crippen LogP contribution in [0.1, 0.15) is 48.0 Å². The summed E-state index contributed by atoms with van der Waals surface area (Å²) in [5, 5.41) is 8.22. The molecule has 2 fully saturated rings. The maximum Gasteiger partial charge on any atom is 0.251 e. The van der Waals surface area contributed by atoms with E-state index in [2.05, 4.69) is 5.32 Å². The van der Waals surface area contributed by atoms with Crippen molar-refractivity contribution in [1.82, 2.24) is 5.32 Å². The average molecular weight is 388 g/mol. The van der Waals surface area contributed by atoms with Gasteiger partial charge in [0, 0.05) is 17.6 Å². The van der Waals surface area contributed by atoms with Crippen LogP contribution in [0.5, 0.6) is 0 Å². The first kappa shape index (κ1) is 20.2. The lowest BCUT2D eigenvalue weighted by Gasteiger charge is -2.45. The van der Waals surface area contributed by atoms with Gasteiger partial charge in [0.25, 0.3) is 5.91 Å². The number of hydrogen-bond acceptors (Lipinski definition) is 4. The van der Waals surface area contributed by atoms with Gasteiger partial charge in [0.2, 0.25) is 10.0 Å². The molecule has 2 aliphatic carbocycles. The summed E-state index contributed by atoms with van der Waals surface area (Å²) in [5.74, 6) is 0.616. The van der Waals surface area contributed by atoms with Crippen LogP contribution in [0, 0.1) is 11.8 Å². The number of sulfonamides is 1. The van der Waals surface area contributed by atoms with Crippen LogP contribution in [-0.4, -0.2) is 26.4 Å². The van der Waals surface area contributed by atoms with E-state index < -0.39 is 10.0 Å². The fourth-order valence-corrected chi connectivity index (χ4v) is 4.90. The largest absolute Gasteiger partial charge is 0.349 e. The number of hydrogen-bond donors (Lipinski definition) is 3. The van der Waals surface area contributed by atoms with Gasteiger partial charge in [0.05, 0.1) is 5.75 Å². The van der Waals surface area contributed by atoms with E-state index in [1.165, 1.54) is 6.42 Å². The Morgan fingerprint density at radius 2 is 1.68 bits per heavy atom. The van der Waals surface area contributed by atoms with Crippen LogP contribution in [0.4, 0.5) is 0 Å². The van der Waals surface area contributed by atoms with E-state index in [0.717, 1.165) is 25.7 Å². The molecule has 1 aromatic carbocycles. The maximum atomic E-state index is 12.5. The lowest BCUT2D eigenvalue weighted by atomic mass is 9.67. The zero-order valence-corrected chi connectivity index (χ0v) is 15.7. The molecule has 140 valence electrons. The molecule has 0 spiro atoms. The first-order valence-electron chi connectivity index (χ1n) is 8.47. The summed E-state index contributed by atoms with van der Waals surface area (Å²) in [6.07, 6.45) is 5.44. The number of benzene rings is 1. The van der Waals surface area contributed by atoms with Gasteiger partial charge >= 0.3 is 0 Å². The molecule has 2 bridgehead atoms. The number of nitrogens with two attached hydrogens (primary N) is 2. The summed E-state index contributed by atoms with van der Waals surface area (Å²) in [4.78, 5) is 12.5. The van der Waals surface area contributed by atoms with Crippen LogP contribution in [0.25, 0.3) is 0 Å². The fourth-order valence-electron chi connectivity index (χ4n) is 4.24. The van der Waals surface area contributed by atoms with E-state index in [0.29, 0.717) is 23.0 Å². The van der Waals surface area contributed by atoms with Crippen molar-refractivity contribution < 1.29 is 13.2 Å². The number of rotatable bonds is 4. The number of primary sulfonamides is 1. The van der Waals surface area contributed by atoms with Crippen molar-refractivity contribution in [2.24, 2.45) is 22.7 Å². The quantitative estimate of drug-likeness (QED) is 0.726. The van der Waals surface area contributed by atoms with Gasteiger partial charge in [-0.3, -0.25) is 4.79 Å². The van der Waals surface area contributed by atoms with Crippen molar-refractivity contribution in [3.8, 4) is 0 Å². The predicted molar refractivity (Wildman–Crippen MR) is 99.8 cm³/mol. The topological polar surface area (TPSA) is 115 Å². The Bertz CT molecular complexity index is 694. The first-order valence-corrected chi connectivity index (χ1v) is 10.2. The molecule has 2 saturated carbocycles. The van der Waals surface area contributed by atoms with Crippen molar-refractivity contribution in [1.29, 1.82) is 0 Å². The van der Waals surface area contributed by atoms with Gasteiger partial charge in [-0.2, -0.15) is 0 Å². The van der Waals surface area contributed by atoms with E-state index in [9.17, 15) is 13.2 Å². The summed E-state index contributed by atoms with van der Waals surface area (Å²) in [5.41, 5.74) is 7.25. The molecule has 0 heterocycles. The second-order valence-electron chi connectivity index (χ2n) is 7.19. The van der Waals surface area contributed by atoms with Gasteiger partial charge in [-0.15, -0.1) is 12.4 Å². The number of amides is 1. The number of halogens is 1. The summed E-state index contributed by atoms with van der Waals surface area (Å²) in [6, 6.07) is 7.04. The zero-order chi connectivity index (χ0) is 17.3. The summed E-state index contributed by atoms with van der Waals surface area (Å²) < 4.78 is 22.2. The molecular weight excluding hydrogens is 362 g/mol. The van der Waals surface area contributed by atoms with Crippen LogP contribution in [0.2, 0.25) is 0 Å². The second kappa shape index (κ2) is 8.03. The second-order valence-corrected chi connectivity index (χ2v) is 8.80.